The van der Waals surface area contributed by atoms with Gasteiger partial charge in [-0.25, -0.2) is 0 Å². The summed E-state index contributed by atoms with van der Waals surface area (Å²) in [5.41, 5.74) is 6.26. The van der Waals surface area contributed by atoms with Gasteiger partial charge in [0.25, 0.3) is 5.95 Å². The lowest BCUT2D eigenvalue weighted by Gasteiger charge is -2.21. The van der Waals surface area contributed by atoms with Gasteiger partial charge in [0, 0.05) is 26.6 Å². The summed E-state index contributed by atoms with van der Waals surface area (Å²) >= 11 is 0. The smallest absolute Gasteiger partial charge is 0.265 e. The molecule has 0 aliphatic rings. The van der Waals surface area contributed by atoms with Crippen molar-refractivity contribution in [2.75, 3.05) is 19.0 Å². The highest BCUT2D eigenvalue weighted by atomic mass is 16.5. The predicted octanol–water partition coefficient (Wildman–Crippen LogP) is 1.44. The van der Waals surface area contributed by atoms with Gasteiger partial charge in [-0.05, 0) is 17.0 Å². The molecule has 1 heterocycles. The molecule has 1 aromatic rings. The van der Waals surface area contributed by atoms with Crippen LogP contribution in [0.25, 0.3) is 0 Å². The second kappa shape index (κ2) is 4.82. The second-order valence-corrected chi connectivity index (χ2v) is 5.61. The van der Waals surface area contributed by atoms with Gasteiger partial charge in [0.1, 0.15) is 0 Å². The SMILES string of the molecule is CN(C)c1noc(CC(N)CC(C)(C)C)n1. The van der Waals surface area contributed by atoms with E-state index in [4.69, 9.17) is 10.3 Å². The Kier molecular flexibility index (Phi) is 3.91. The van der Waals surface area contributed by atoms with Crippen LogP contribution in [0.3, 0.4) is 0 Å². The largest absolute Gasteiger partial charge is 0.344 e. The molecule has 5 nitrogen and oxygen atoms in total. The van der Waals surface area contributed by atoms with Crippen molar-refractivity contribution in [3.8, 4) is 0 Å². The molecule has 0 bridgehead atoms. The molecule has 0 spiro atoms. The van der Waals surface area contributed by atoms with Crippen molar-refractivity contribution in [3.63, 3.8) is 0 Å². The summed E-state index contributed by atoms with van der Waals surface area (Å²) in [6, 6.07) is 0.0652. The normalized spacial score (nSPS) is 13.9. The molecule has 0 amide bonds. The van der Waals surface area contributed by atoms with Crippen LogP contribution in [0.4, 0.5) is 5.95 Å². The zero-order chi connectivity index (χ0) is 12.3. The summed E-state index contributed by atoms with van der Waals surface area (Å²) in [4.78, 5) is 6.06. The van der Waals surface area contributed by atoms with E-state index in [1.807, 2.05) is 19.0 Å². The van der Waals surface area contributed by atoms with Crippen LogP contribution in [0, 0.1) is 5.41 Å². The number of aromatic nitrogens is 2. The minimum atomic E-state index is 0.0652. The van der Waals surface area contributed by atoms with Crippen LogP contribution in [-0.2, 0) is 6.42 Å². The maximum atomic E-state index is 6.04. The molecule has 0 aliphatic heterocycles. The van der Waals surface area contributed by atoms with E-state index in [0.717, 1.165) is 6.42 Å². The molecule has 0 aliphatic carbocycles. The summed E-state index contributed by atoms with van der Waals surface area (Å²) < 4.78 is 5.13. The second-order valence-electron chi connectivity index (χ2n) is 5.61. The van der Waals surface area contributed by atoms with Gasteiger partial charge >= 0.3 is 0 Å². The standard InChI is InChI=1S/C11H22N4O/c1-11(2,3)7-8(12)6-9-13-10(14-16-9)15(4)5/h8H,6-7,12H2,1-5H3. The lowest BCUT2D eigenvalue weighted by molar-refractivity contribution is 0.313. The number of rotatable bonds is 4. The molecule has 16 heavy (non-hydrogen) atoms. The highest BCUT2D eigenvalue weighted by Gasteiger charge is 2.18. The van der Waals surface area contributed by atoms with Crippen molar-refractivity contribution in [3.05, 3.63) is 5.89 Å². The van der Waals surface area contributed by atoms with E-state index in [1.54, 1.807) is 0 Å². The highest BCUT2D eigenvalue weighted by Crippen LogP contribution is 2.21. The Morgan fingerprint density at radius 1 is 1.38 bits per heavy atom. The van der Waals surface area contributed by atoms with E-state index in [9.17, 15) is 0 Å². The maximum absolute atomic E-state index is 6.04. The Bertz CT molecular complexity index is 327. The van der Waals surface area contributed by atoms with E-state index in [2.05, 4.69) is 30.9 Å². The van der Waals surface area contributed by atoms with Crippen LogP contribution < -0.4 is 10.6 Å². The van der Waals surface area contributed by atoms with Crippen LogP contribution in [0.2, 0.25) is 0 Å². The lowest BCUT2D eigenvalue weighted by Crippen LogP contribution is -2.28. The average molecular weight is 226 g/mol. The molecular weight excluding hydrogens is 204 g/mol. The van der Waals surface area contributed by atoms with Crippen LogP contribution in [0.15, 0.2) is 4.52 Å². The first-order valence-electron chi connectivity index (χ1n) is 5.53. The molecular formula is C11H22N4O. The Morgan fingerprint density at radius 2 is 2.00 bits per heavy atom. The third-order valence-corrected chi connectivity index (χ3v) is 2.17. The Labute approximate surface area is 97.0 Å². The fourth-order valence-electron chi connectivity index (χ4n) is 1.59. The van der Waals surface area contributed by atoms with E-state index in [1.165, 1.54) is 0 Å². The number of nitrogens with two attached hydrogens (primary N) is 1. The number of anilines is 1. The van der Waals surface area contributed by atoms with Crippen LogP contribution in [0.5, 0.6) is 0 Å². The third kappa shape index (κ3) is 4.18. The van der Waals surface area contributed by atoms with Gasteiger partial charge in [-0.15, -0.1) is 0 Å². The van der Waals surface area contributed by atoms with E-state index in [-0.39, 0.29) is 11.5 Å². The first-order chi connectivity index (χ1) is 7.28. The van der Waals surface area contributed by atoms with Crippen molar-refractivity contribution in [1.82, 2.24) is 10.1 Å². The zero-order valence-corrected chi connectivity index (χ0v) is 10.8. The summed E-state index contributed by atoms with van der Waals surface area (Å²) in [5, 5.41) is 3.85. The Hall–Kier alpha value is -1.10. The van der Waals surface area contributed by atoms with Gasteiger partial charge in [-0.1, -0.05) is 20.8 Å². The molecule has 1 atom stereocenters. The first kappa shape index (κ1) is 13.0. The van der Waals surface area contributed by atoms with Gasteiger partial charge in [-0.3, -0.25) is 0 Å². The molecule has 2 N–H and O–H groups in total. The van der Waals surface area contributed by atoms with Gasteiger partial charge < -0.3 is 15.2 Å². The molecule has 1 unspecified atom stereocenters. The summed E-state index contributed by atoms with van der Waals surface area (Å²) in [6.45, 7) is 6.52. The topological polar surface area (TPSA) is 68.2 Å². The van der Waals surface area contributed by atoms with E-state index < -0.39 is 0 Å². The van der Waals surface area contributed by atoms with Gasteiger partial charge in [-0.2, -0.15) is 4.98 Å². The van der Waals surface area contributed by atoms with Crippen molar-refractivity contribution in [1.29, 1.82) is 0 Å². The molecule has 92 valence electrons. The minimum absolute atomic E-state index is 0.0652. The average Bonchev–Trinajstić information content (AvgIpc) is 2.48. The molecule has 0 radical (unpaired) electrons. The van der Waals surface area contributed by atoms with Crippen LogP contribution >= 0.6 is 0 Å². The molecule has 0 fully saturated rings. The van der Waals surface area contributed by atoms with Crippen LogP contribution in [0.1, 0.15) is 33.1 Å². The third-order valence-electron chi connectivity index (χ3n) is 2.17. The monoisotopic (exact) mass is 226 g/mol. The summed E-state index contributed by atoms with van der Waals surface area (Å²) in [6.07, 6.45) is 1.57. The summed E-state index contributed by atoms with van der Waals surface area (Å²) in [5.74, 6) is 1.21. The Morgan fingerprint density at radius 3 is 2.44 bits per heavy atom. The zero-order valence-electron chi connectivity index (χ0n) is 10.8. The molecule has 0 aromatic carbocycles. The molecule has 0 saturated carbocycles. The predicted molar refractivity (Wildman–Crippen MR) is 64.4 cm³/mol. The van der Waals surface area contributed by atoms with Crippen molar-refractivity contribution in [2.45, 2.75) is 39.7 Å². The van der Waals surface area contributed by atoms with Gasteiger partial charge in [0.15, 0.2) is 0 Å². The van der Waals surface area contributed by atoms with Gasteiger partial charge in [0.05, 0.1) is 0 Å². The molecule has 1 rings (SSSR count). The van der Waals surface area contributed by atoms with E-state index in [0.29, 0.717) is 18.3 Å². The van der Waals surface area contributed by atoms with Gasteiger partial charge in [0.2, 0.25) is 5.89 Å². The molecule has 0 saturated heterocycles. The first-order valence-corrected chi connectivity index (χ1v) is 5.53. The Balaban J connectivity index is 2.53. The fraction of sp³-hybridized carbons (Fsp3) is 0.818. The fourth-order valence-corrected chi connectivity index (χ4v) is 1.59. The maximum Gasteiger partial charge on any atom is 0.265 e. The highest BCUT2D eigenvalue weighted by molar-refractivity contribution is 5.23. The number of hydrogen-bond donors (Lipinski definition) is 1. The van der Waals surface area contributed by atoms with E-state index >= 15 is 0 Å². The van der Waals surface area contributed by atoms with Crippen molar-refractivity contribution >= 4 is 5.95 Å². The minimum Gasteiger partial charge on any atom is -0.344 e. The molecule has 5 heteroatoms. The lowest BCUT2D eigenvalue weighted by atomic mass is 9.87. The number of nitrogens with zero attached hydrogens (tertiary/aromatic N) is 3. The quantitative estimate of drug-likeness (QED) is 0.841. The number of hydrogen-bond acceptors (Lipinski definition) is 5. The van der Waals surface area contributed by atoms with Crippen LogP contribution in [-0.4, -0.2) is 30.3 Å². The van der Waals surface area contributed by atoms with Crippen molar-refractivity contribution in [2.24, 2.45) is 11.1 Å². The summed E-state index contributed by atoms with van der Waals surface area (Å²) in [7, 11) is 3.76. The van der Waals surface area contributed by atoms with Crippen molar-refractivity contribution < 1.29 is 4.52 Å². The molecule has 1 aromatic heterocycles.